The molecule has 0 aromatic carbocycles. The minimum Gasteiger partial charge on any atom is -0.352 e. The molecule has 75 valence electrons. The molecule has 0 saturated carbocycles. The summed E-state index contributed by atoms with van der Waals surface area (Å²) in [5, 5.41) is 2.80. The molecule has 3 nitrogen and oxygen atoms in total. The molecule has 0 aliphatic rings. The third-order valence-electron chi connectivity index (χ3n) is 1.67. The van der Waals surface area contributed by atoms with Crippen LogP contribution in [0.25, 0.3) is 0 Å². The van der Waals surface area contributed by atoms with Gasteiger partial charge in [0, 0.05) is 18.9 Å². The van der Waals surface area contributed by atoms with Crippen LogP contribution in [0.2, 0.25) is 0 Å². The predicted molar refractivity (Wildman–Crippen MR) is 55.2 cm³/mol. The quantitative estimate of drug-likeness (QED) is 0.784. The maximum absolute atomic E-state index is 11.2. The Morgan fingerprint density at radius 2 is 2.43 bits per heavy atom. The molecule has 0 aliphatic heterocycles. The predicted octanol–water partition coefficient (Wildman–Crippen LogP) is 1.56. The van der Waals surface area contributed by atoms with E-state index < -0.39 is 0 Å². The molecular formula is C11H15N2O. The second-order valence-electron chi connectivity index (χ2n) is 3.49. The Kier molecular flexibility index (Phi) is 4.11. The molecule has 0 unspecified atom stereocenters. The Bertz CT molecular complexity index is 283. The van der Waals surface area contributed by atoms with Crippen molar-refractivity contribution in [2.45, 2.75) is 20.4 Å². The normalized spacial score (nSPS) is 10.2. The molecule has 1 aromatic heterocycles. The van der Waals surface area contributed by atoms with E-state index in [0.717, 1.165) is 5.56 Å². The van der Waals surface area contributed by atoms with Crippen molar-refractivity contribution in [3.8, 4) is 0 Å². The molecule has 1 heterocycles. The number of hydrogen-bond donors (Lipinski definition) is 1. The van der Waals surface area contributed by atoms with Crippen molar-refractivity contribution in [3.05, 3.63) is 36.5 Å². The van der Waals surface area contributed by atoms with E-state index in [1.54, 1.807) is 18.8 Å². The van der Waals surface area contributed by atoms with Crippen LogP contribution >= 0.6 is 0 Å². The van der Waals surface area contributed by atoms with Gasteiger partial charge < -0.3 is 5.32 Å². The van der Waals surface area contributed by atoms with Crippen LogP contribution in [0.5, 0.6) is 0 Å². The van der Waals surface area contributed by atoms with Crippen molar-refractivity contribution >= 4 is 5.91 Å². The first kappa shape index (κ1) is 10.7. The molecule has 1 N–H and O–H groups in total. The third-order valence-corrected chi connectivity index (χ3v) is 1.67. The molecule has 0 fully saturated rings. The molecule has 0 bridgehead atoms. The SMILES string of the molecule is CC(C)[CH]C(=O)NCc1cccnc1. The summed E-state index contributed by atoms with van der Waals surface area (Å²) in [6, 6.07) is 3.79. The van der Waals surface area contributed by atoms with Crippen LogP contribution in [0.15, 0.2) is 24.5 Å². The lowest BCUT2D eigenvalue weighted by atomic mass is 10.1. The average molecular weight is 191 g/mol. The summed E-state index contributed by atoms with van der Waals surface area (Å²) < 4.78 is 0. The minimum absolute atomic E-state index is 0.0242. The van der Waals surface area contributed by atoms with Crippen LogP contribution in [-0.2, 0) is 11.3 Å². The molecule has 1 amide bonds. The van der Waals surface area contributed by atoms with Crippen LogP contribution in [0.3, 0.4) is 0 Å². The second kappa shape index (κ2) is 5.37. The van der Waals surface area contributed by atoms with Crippen molar-refractivity contribution < 1.29 is 4.79 Å². The first-order valence-corrected chi connectivity index (χ1v) is 4.70. The highest BCUT2D eigenvalue weighted by atomic mass is 16.1. The van der Waals surface area contributed by atoms with Gasteiger partial charge in [-0.05, 0) is 17.5 Å². The zero-order valence-electron chi connectivity index (χ0n) is 8.53. The van der Waals surface area contributed by atoms with Crippen molar-refractivity contribution in [3.63, 3.8) is 0 Å². The fourth-order valence-corrected chi connectivity index (χ4v) is 1.05. The average Bonchev–Trinajstić information content (AvgIpc) is 2.15. The Morgan fingerprint density at radius 1 is 1.64 bits per heavy atom. The van der Waals surface area contributed by atoms with E-state index in [0.29, 0.717) is 6.54 Å². The second-order valence-corrected chi connectivity index (χ2v) is 3.49. The number of hydrogen-bond acceptors (Lipinski definition) is 2. The summed E-state index contributed by atoms with van der Waals surface area (Å²) in [6.45, 7) is 4.49. The van der Waals surface area contributed by atoms with E-state index in [1.165, 1.54) is 0 Å². The Hall–Kier alpha value is -1.38. The van der Waals surface area contributed by atoms with E-state index in [2.05, 4.69) is 10.3 Å². The summed E-state index contributed by atoms with van der Waals surface area (Å²) in [6.07, 6.45) is 5.12. The molecule has 1 rings (SSSR count). The van der Waals surface area contributed by atoms with Gasteiger partial charge in [0.25, 0.3) is 0 Å². The maximum Gasteiger partial charge on any atom is 0.224 e. The number of nitrogens with one attached hydrogen (secondary N) is 1. The number of amides is 1. The Morgan fingerprint density at radius 3 is 3.00 bits per heavy atom. The first-order valence-electron chi connectivity index (χ1n) is 4.70. The zero-order chi connectivity index (χ0) is 10.4. The van der Waals surface area contributed by atoms with Gasteiger partial charge in [-0.3, -0.25) is 9.78 Å². The third kappa shape index (κ3) is 4.03. The molecule has 0 spiro atoms. The van der Waals surface area contributed by atoms with Crippen LogP contribution < -0.4 is 5.32 Å². The van der Waals surface area contributed by atoms with Crippen molar-refractivity contribution in [1.29, 1.82) is 0 Å². The van der Waals surface area contributed by atoms with Gasteiger partial charge >= 0.3 is 0 Å². The summed E-state index contributed by atoms with van der Waals surface area (Å²) >= 11 is 0. The first-order chi connectivity index (χ1) is 6.68. The van der Waals surface area contributed by atoms with Crippen LogP contribution in [0.4, 0.5) is 0 Å². The fraction of sp³-hybridized carbons (Fsp3) is 0.364. The smallest absolute Gasteiger partial charge is 0.224 e. The summed E-state index contributed by atoms with van der Waals surface area (Å²) in [5.74, 6) is 0.257. The molecule has 1 aromatic rings. The number of rotatable bonds is 4. The lowest BCUT2D eigenvalue weighted by Crippen LogP contribution is -2.24. The Balaban J connectivity index is 2.31. The van der Waals surface area contributed by atoms with Gasteiger partial charge in [0.1, 0.15) is 0 Å². The Labute approximate surface area is 84.6 Å². The van der Waals surface area contributed by atoms with E-state index in [1.807, 2.05) is 26.0 Å². The summed E-state index contributed by atoms with van der Waals surface area (Å²) in [5.41, 5.74) is 1.01. The van der Waals surface area contributed by atoms with Crippen LogP contribution in [-0.4, -0.2) is 10.9 Å². The lowest BCUT2D eigenvalue weighted by Gasteiger charge is -2.05. The van der Waals surface area contributed by atoms with E-state index >= 15 is 0 Å². The number of nitrogens with zero attached hydrogens (tertiary/aromatic N) is 1. The topological polar surface area (TPSA) is 42.0 Å². The minimum atomic E-state index is -0.0242. The molecular weight excluding hydrogens is 176 g/mol. The number of pyridine rings is 1. The van der Waals surface area contributed by atoms with E-state index in [9.17, 15) is 4.79 Å². The maximum atomic E-state index is 11.2. The van der Waals surface area contributed by atoms with Crippen LogP contribution in [0, 0.1) is 12.3 Å². The van der Waals surface area contributed by atoms with Crippen molar-refractivity contribution in [1.82, 2.24) is 10.3 Å². The lowest BCUT2D eigenvalue weighted by molar-refractivity contribution is -0.118. The molecule has 0 aliphatic carbocycles. The fourth-order valence-electron chi connectivity index (χ4n) is 1.05. The van der Waals surface area contributed by atoms with Crippen molar-refractivity contribution in [2.75, 3.05) is 0 Å². The summed E-state index contributed by atoms with van der Waals surface area (Å²) in [7, 11) is 0. The highest BCUT2D eigenvalue weighted by molar-refractivity contribution is 5.84. The monoisotopic (exact) mass is 191 g/mol. The van der Waals surface area contributed by atoms with E-state index in [4.69, 9.17) is 0 Å². The van der Waals surface area contributed by atoms with Crippen LogP contribution in [0.1, 0.15) is 19.4 Å². The molecule has 0 saturated heterocycles. The highest BCUT2D eigenvalue weighted by Gasteiger charge is 2.04. The van der Waals surface area contributed by atoms with Gasteiger partial charge in [-0.1, -0.05) is 19.9 Å². The van der Waals surface area contributed by atoms with Gasteiger partial charge in [0.15, 0.2) is 0 Å². The van der Waals surface area contributed by atoms with Gasteiger partial charge in [0.05, 0.1) is 6.42 Å². The molecule has 0 atom stereocenters. The molecule has 1 radical (unpaired) electrons. The van der Waals surface area contributed by atoms with Gasteiger partial charge in [0.2, 0.25) is 5.91 Å². The number of aromatic nitrogens is 1. The highest BCUT2D eigenvalue weighted by Crippen LogP contribution is 1.98. The van der Waals surface area contributed by atoms with Crippen molar-refractivity contribution in [2.24, 2.45) is 5.92 Å². The molecule has 3 heteroatoms. The standard InChI is InChI=1S/C11H15N2O/c1-9(2)6-11(14)13-8-10-4-3-5-12-7-10/h3-7,9H,8H2,1-2H3,(H,13,14). The van der Waals surface area contributed by atoms with Gasteiger partial charge in [-0.25, -0.2) is 0 Å². The molecule has 14 heavy (non-hydrogen) atoms. The summed E-state index contributed by atoms with van der Waals surface area (Å²) in [4.78, 5) is 15.2. The number of carbonyl (C=O) groups is 1. The van der Waals surface area contributed by atoms with Gasteiger partial charge in [-0.15, -0.1) is 0 Å². The number of carbonyl (C=O) groups excluding carboxylic acids is 1. The van der Waals surface area contributed by atoms with Gasteiger partial charge in [-0.2, -0.15) is 0 Å². The largest absolute Gasteiger partial charge is 0.352 e. The van der Waals surface area contributed by atoms with E-state index in [-0.39, 0.29) is 11.8 Å². The zero-order valence-corrected chi connectivity index (χ0v) is 8.53.